The van der Waals surface area contributed by atoms with E-state index >= 15 is 0 Å². The summed E-state index contributed by atoms with van der Waals surface area (Å²) in [5.74, 6) is 0. The third kappa shape index (κ3) is 2.09. The number of hydrogen-bond acceptors (Lipinski definition) is 0. The molecule has 0 heterocycles. The van der Waals surface area contributed by atoms with Gasteiger partial charge >= 0.3 is 0 Å². The predicted molar refractivity (Wildman–Crippen MR) is 78.2 cm³/mol. The summed E-state index contributed by atoms with van der Waals surface area (Å²) >= 11 is 0. The van der Waals surface area contributed by atoms with Crippen molar-refractivity contribution >= 4 is 23.4 Å². The zero-order valence-corrected chi connectivity index (χ0v) is 10.5. The van der Waals surface area contributed by atoms with Gasteiger partial charge in [-0.3, -0.25) is 0 Å². The molecule has 17 heavy (non-hydrogen) atoms. The second-order valence-corrected chi connectivity index (χ2v) is 6.31. The first kappa shape index (κ1) is 10.5. The lowest BCUT2D eigenvalue weighted by molar-refractivity contribution is 1.39. The van der Waals surface area contributed by atoms with Crippen LogP contribution in [0.1, 0.15) is 6.42 Å². The highest BCUT2D eigenvalue weighted by molar-refractivity contribution is 7.74. The Labute approximate surface area is 103 Å². The molecule has 1 heteroatoms. The summed E-state index contributed by atoms with van der Waals surface area (Å²) in [6, 6.07) is 17.5. The van der Waals surface area contributed by atoms with E-state index in [4.69, 9.17) is 0 Å². The highest BCUT2D eigenvalue weighted by Gasteiger charge is 2.13. The second kappa shape index (κ2) is 4.69. The molecule has 0 nitrogen and oxygen atoms in total. The van der Waals surface area contributed by atoms with Gasteiger partial charge in [-0.1, -0.05) is 12.2 Å². The van der Waals surface area contributed by atoms with Gasteiger partial charge in [0.15, 0.2) is 0 Å². The van der Waals surface area contributed by atoms with Gasteiger partial charge in [0.1, 0.15) is 5.29 Å². The number of hydrogen-bond donors (Lipinski definition) is 0. The lowest BCUT2D eigenvalue weighted by Gasteiger charge is -2.05. The molecule has 0 radical (unpaired) electrons. The quantitative estimate of drug-likeness (QED) is 0.555. The zero-order valence-electron chi connectivity index (χ0n) is 9.58. The molecule has 0 saturated heterocycles. The van der Waals surface area contributed by atoms with Gasteiger partial charge in [0.05, 0.1) is 7.55 Å². The van der Waals surface area contributed by atoms with Crippen molar-refractivity contribution in [3.8, 4) is 0 Å². The van der Waals surface area contributed by atoms with Crippen LogP contribution in [0.3, 0.4) is 0 Å². The van der Waals surface area contributed by atoms with Crippen LogP contribution in [0.5, 0.6) is 0 Å². The van der Waals surface area contributed by atoms with Crippen LogP contribution in [0.25, 0.3) is 0 Å². The fraction of sp³-hybridized carbons (Fsp3) is 0.0625. The fourth-order valence-electron chi connectivity index (χ4n) is 2.13. The van der Waals surface area contributed by atoms with Crippen LogP contribution in [0.2, 0.25) is 0 Å². The van der Waals surface area contributed by atoms with E-state index in [1.807, 2.05) is 0 Å². The summed E-state index contributed by atoms with van der Waals surface area (Å²) in [4.78, 5) is 0. The van der Waals surface area contributed by atoms with Gasteiger partial charge in [0.25, 0.3) is 0 Å². The topological polar surface area (TPSA) is 0 Å². The minimum absolute atomic E-state index is 0.352. The summed E-state index contributed by atoms with van der Waals surface area (Å²) < 4.78 is 0. The Balaban J connectivity index is 2.18. The van der Waals surface area contributed by atoms with Gasteiger partial charge in [0, 0.05) is 10.6 Å². The van der Waals surface area contributed by atoms with E-state index in [0.717, 1.165) is 6.42 Å². The van der Waals surface area contributed by atoms with E-state index in [1.54, 1.807) is 0 Å². The summed E-state index contributed by atoms with van der Waals surface area (Å²) in [5, 5.41) is 4.33. The Bertz CT molecular complexity index is 513. The smallest absolute Gasteiger partial charge is 0.130 e. The monoisotopic (exact) mass is 237 g/mol. The number of rotatable bonds is 2. The molecule has 0 fully saturated rings. The molecule has 84 valence electrons. The Kier molecular flexibility index (Phi) is 2.90. The van der Waals surface area contributed by atoms with E-state index in [0.29, 0.717) is 0 Å². The molecule has 2 aromatic rings. The van der Waals surface area contributed by atoms with Crippen molar-refractivity contribution in [3.05, 3.63) is 72.8 Å². The SMILES string of the molecule is C1=CC(=[P+]([c-]2cccc2)[c-]2cccc2)C=CC1. The molecule has 0 unspecified atom stereocenters. The highest BCUT2D eigenvalue weighted by Crippen LogP contribution is 2.27. The van der Waals surface area contributed by atoms with Crippen molar-refractivity contribution in [2.24, 2.45) is 0 Å². The largest absolute Gasteiger partial charge is 0.209 e. The summed E-state index contributed by atoms with van der Waals surface area (Å²) in [6.07, 6.45) is 10.1. The molecule has 0 N–H and O–H groups in total. The molecule has 0 bridgehead atoms. The van der Waals surface area contributed by atoms with E-state index in [9.17, 15) is 0 Å². The maximum Gasteiger partial charge on any atom is 0.130 e. The Morgan fingerprint density at radius 1 is 0.765 bits per heavy atom. The summed E-state index contributed by atoms with van der Waals surface area (Å²) in [7, 11) is -0.352. The van der Waals surface area contributed by atoms with Crippen molar-refractivity contribution < 1.29 is 0 Å². The lowest BCUT2D eigenvalue weighted by Crippen LogP contribution is -2.08. The van der Waals surface area contributed by atoms with E-state index in [1.165, 1.54) is 15.9 Å². The molecule has 0 aliphatic heterocycles. The minimum Gasteiger partial charge on any atom is -0.209 e. The minimum atomic E-state index is -0.352. The van der Waals surface area contributed by atoms with Gasteiger partial charge < -0.3 is 0 Å². The van der Waals surface area contributed by atoms with Crippen LogP contribution in [0.15, 0.2) is 72.8 Å². The van der Waals surface area contributed by atoms with E-state index < -0.39 is 0 Å². The first-order valence-corrected chi connectivity index (χ1v) is 7.23. The first-order valence-electron chi connectivity index (χ1n) is 5.89. The van der Waals surface area contributed by atoms with Gasteiger partial charge in [-0.25, -0.2) is 24.3 Å². The number of allylic oxidation sites excluding steroid dienone is 4. The van der Waals surface area contributed by atoms with Gasteiger partial charge in [-0.05, 0) is 18.6 Å². The van der Waals surface area contributed by atoms with Crippen molar-refractivity contribution in [2.75, 3.05) is 0 Å². The van der Waals surface area contributed by atoms with Gasteiger partial charge in [0.2, 0.25) is 0 Å². The van der Waals surface area contributed by atoms with Crippen molar-refractivity contribution in [3.63, 3.8) is 0 Å². The van der Waals surface area contributed by atoms with Gasteiger partial charge in [-0.15, -0.1) is 24.3 Å². The predicted octanol–water partition coefficient (Wildman–Crippen LogP) is 3.25. The summed E-state index contributed by atoms with van der Waals surface area (Å²) in [6.45, 7) is 0. The van der Waals surface area contributed by atoms with Crippen LogP contribution >= 0.6 is 7.55 Å². The molecular weight excluding hydrogens is 223 g/mol. The third-order valence-corrected chi connectivity index (χ3v) is 5.36. The zero-order chi connectivity index (χ0) is 11.5. The van der Waals surface area contributed by atoms with Crippen LogP contribution in [0.4, 0.5) is 0 Å². The third-order valence-electron chi connectivity index (χ3n) is 2.91. The highest BCUT2D eigenvalue weighted by atomic mass is 31.1. The van der Waals surface area contributed by atoms with Crippen LogP contribution in [-0.4, -0.2) is 5.29 Å². The lowest BCUT2D eigenvalue weighted by atomic mass is 10.2. The standard InChI is InChI=1S/C16H14P/c1-2-8-14(9-3-1)17(15-10-4-5-11-15)16-12-6-7-13-16/h2-13H,1H2/q-1. The molecule has 0 saturated carbocycles. The maximum atomic E-state index is 2.28. The normalized spacial score (nSPS) is 14.2. The van der Waals surface area contributed by atoms with Crippen molar-refractivity contribution in [2.45, 2.75) is 6.42 Å². The molecule has 1 aliphatic rings. The molecule has 0 atom stereocenters. The maximum absolute atomic E-state index is 2.28. The van der Waals surface area contributed by atoms with Crippen molar-refractivity contribution in [1.29, 1.82) is 0 Å². The molecular formula is C16H14P-. The Hall–Kier alpha value is -1.65. The average molecular weight is 237 g/mol. The molecule has 3 rings (SSSR count). The molecule has 0 amide bonds. The molecule has 1 aliphatic carbocycles. The van der Waals surface area contributed by atoms with E-state index in [2.05, 4.69) is 72.8 Å². The molecule has 2 aromatic carbocycles. The van der Waals surface area contributed by atoms with Crippen LogP contribution in [-0.2, 0) is 0 Å². The van der Waals surface area contributed by atoms with Gasteiger partial charge in [-0.2, -0.15) is 0 Å². The Morgan fingerprint density at radius 2 is 1.24 bits per heavy atom. The second-order valence-electron chi connectivity index (χ2n) is 4.09. The Morgan fingerprint density at radius 3 is 1.71 bits per heavy atom. The molecule has 0 spiro atoms. The van der Waals surface area contributed by atoms with E-state index in [-0.39, 0.29) is 7.55 Å². The fourth-order valence-corrected chi connectivity index (χ4v) is 4.48. The average Bonchev–Trinajstić information content (AvgIpc) is 3.04. The first-order chi connectivity index (χ1) is 8.45. The summed E-state index contributed by atoms with van der Waals surface area (Å²) in [5.41, 5.74) is 0. The van der Waals surface area contributed by atoms with Crippen LogP contribution < -0.4 is 10.6 Å². The molecule has 0 aromatic heterocycles. The van der Waals surface area contributed by atoms with Crippen LogP contribution in [0, 0.1) is 0 Å². The van der Waals surface area contributed by atoms with Crippen molar-refractivity contribution in [1.82, 2.24) is 0 Å².